The minimum Gasteiger partial charge on any atom is -0.376 e. The van der Waals surface area contributed by atoms with Crippen molar-refractivity contribution in [1.82, 2.24) is 0 Å². The van der Waals surface area contributed by atoms with Crippen LogP contribution in [-0.4, -0.2) is 6.10 Å². The van der Waals surface area contributed by atoms with Gasteiger partial charge in [-0.05, 0) is 12.8 Å². The van der Waals surface area contributed by atoms with Gasteiger partial charge in [0.15, 0.2) is 0 Å². The molecule has 0 N–H and O–H groups in total. The molecule has 0 bridgehead atoms. The maximum atomic E-state index is 5.12. The van der Waals surface area contributed by atoms with Gasteiger partial charge in [0.25, 0.3) is 0 Å². The molecule has 1 nitrogen and oxygen atoms in total. The molecule has 73 valence electrons. The summed E-state index contributed by atoms with van der Waals surface area (Å²) in [5.41, 5.74) is 0. The second-order valence-electron chi connectivity index (χ2n) is 3.43. The van der Waals surface area contributed by atoms with Crippen molar-refractivity contribution in [2.24, 2.45) is 0 Å². The molecule has 0 spiro atoms. The van der Waals surface area contributed by atoms with Gasteiger partial charge in [-0.2, -0.15) is 0 Å². The zero-order chi connectivity index (χ0) is 9.23. The maximum absolute atomic E-state index is 5.12. The Labute approximate surface area is 77.5 Å². The number of ether oxygens (including phenoxy) is 1. The summed E-state index contributed by atoms with van der Waals surface area (Å²) in [6.07, 6.45) is 9.28. The molecule has 0 aromatic rings. The number of rotatable bonds is 8. The van der Waals surface area contributed by atoms with Gasteiger partial charge in [-0.15, -0.1) is 0 Å². The highest BCUT2D eigenvalue weighted by atomic mass is 16.5. The average Bonchev–Trinajstić information content (AvgIpc) is 2.10. The Morgan fingerprint density at radius 1 is 1.00 bits per heavy atom. The number of hydrogen-bond acceptors (Lipinski definition) is 1. The Kier molecular flexibility index (Phi) is 9.02. The minimum absolute atomic E-state index is 0.409. The zero-order valence-electron chi connectivity index (χ0n) is 8.64. The van der Waals surface area contributed by atoms with Crippen molar-refractivity contribution >= 4 is 0 Å². The molecule has 1 heteroatoms. The SMILES string of the molecule is [CH2]OC(CCC)CCCCCC. The Balaban J connectivity index is 3.19. The van der Waals surface area contributed by atoms with Crippen molar-refractivity contribution < 1.29 is 4.74 Å². The molecule has 0 saturated heterocycles. The summed E-state index contributed by atoms with van der Waals surface area (Å²) in [4.78, 5) is 0. The van der Waals surface area contributed by atoms with E-state index in [1.165, 1.54) is 38.5 Å². The lowest BCUT2D eigenvalue weighted by atomic mass is 10.1. The number of hydrogen-bond donors (Lipinski definition) is 0. The van der Waals surface area contributed by atoms with Crippen molar-refractivity contribution in [3.63, 3.8) is 0 Å². The third kappa shape index (κ3) is 6.66. The Bertz CT molecular complexity index is 81.1. The molecule has 1 radical (unpaired) electrons. The molecule has 1 atom stereocenters. The van der Waals surface area contributed by atoms with E-state index in [4.69, 9.17) is 4.74 Å². The van der Waals surface area contributed by atoms with Gasteiger partial charge in [0.2, 0.25) is 0 Å². The van der Waals surface area contributed by atoms with E-state index in [0.717, 1.165) is 6.42 Å². The first-order chi connectivity index (χ1) is 5.85. The third-order valence-corrected chi connectivity index (χ3v) is 2.23. The molecular weight excluding hydrogens is 148 g/mol. The molecular formula is C11H23O. The van der Waals surface area contributed by atoms with Gasteiger partial charge in [0, 0.05) is 0 Å². The third-order valence-electron chi connectivity index (χ3n) is 2.23. The zero-order valence-corrected chi connectivity index (χ0v) is 8.64. The van der Waals surface area contributed by atoms with E-state index in [2.05, 4.69) is 21.0 Å². The van der Waals surface area contributed by atoms with Gasteiger partial charge in [0.1, 0.15) is 0 Å². The van der Waals surface area contributed by atoms with Crippen LogP contribution < -0.4 is 0 Å². The van der Waals surface area contributed by atoms with Crippen LogP contribution in [0.4, 0.5) is 0 Å². The van der Waals surface area contributed by atoms with Crippen molar-refractivity contribution in [3.05, 3.63) is 7.11 Å². The Hall–Kier alpha value is -0.0400. The van der Waals surface area contributed by atoms with Gasteiger partial charge < -0.3 is 4.74 Å². The topological polar surface area (TPSA) is 9.23 Å². The first-order valence-corrected chi connectivity index (χ1v) is 5.26. The maximum Gasteiger partial charge on any atom is 0.0704 e. The Morgan fingerprint density at radius 2 is 1.75 bits per heavy atom. The Morgan fingerprint density at radius 3 is 2.25 bits per heavy atom. The van der Waals surface area contributed by atoms with E-state index in [0.29, 0.717) is 6.10 Å². The van der Waals surface area contributed by atoms with E-state index >= 15 is 0 Å². The van der Waals surface area contributed by atoms with E-state index < -0.39 is 0 Å². The van der Waals surface area contributed by atoms with Crippen molar-refractivity contribution in [2.75, 3.05) is 0 Å². The summed E-state index contributed by atoms with van der Waals surface area (Å²) in [6.45, 7) is 4.43. The first kappa shape index (κ1) is 12.0. The molecule has 0 aromatic heterocycles. The molecule has 0 fully saturated rings. The lowest BCUT2D eigenvalue weighted by Crippen LogP contribution is -2.08. The summed E-state index contributed by atoms with van der Waals surface area (Å²) in [5.74, 6) is 0. The monoisotopic (exact) mass is 171 g/mol. The lowest BCUT2D eigenvalue weighted by Gasteiger charge is -2.13. The van der Waals surface area contributed by atoms with Gasteiger partial charge >= 0.3 is 0 Å². The van der Waals surface area contributed by atoms with E-state index in [-0.39, 0.29) is 0 Å². The van der Waals surface area contributed by atoms with Crippen LogP contribution in [0, 0.1) is 7.11 Å². The van der Waals surface area contributed by atoms with Crippen LogP contribution in [0.15, 0.2) is 0 Å². The summed E-state index contributed by atoms with van der Waals surface area (Å²) >= 11 is 0. The molecule has 0 aliphatic heterocycles. The molecule has 1 unspecified atom stereocenters. The molecule has 12 heavy (non-hydrogen) atoms. The van der Waals surface area contributed by atoms with Crippen molar-refractivity contribution in [2.45, 2.75) is 64.9 Å². The fourth-order valence-electron chi connectivity index (χ4n) is 1.43. The predicted molar refractivity (Wildman–Crippen MR) is 53.9 cm³/mol. The highest BCUT2D eigenvalue weighted by Crippen LogP contribution is 2.12. The summed E-state index contributed by atoms with van der Waals surface area (Å²) in [5, 5.41) is 0. The van der Waals surface area contributed by atoms with Crippen LogP contribution in [-0.2, 0) is 4.74 Å². The fourth-order valence-corrected chi connectivity index (χ4v) is 1.43. The molecule has 0 heterocycles. The van der Waals surface area contributed by atoms with Crippen LogP contribution in [0.25, 0.3) is 0 Å². The van der Waals surface area contributed by atoms with E-state index in [9.17, 15) is 0 Å². The van der Waals surface area contributed by atoms with Crippen LogP contribution in [0.2, 0.25) is 0 Å². The van der Waals surface area contributed by atoms with Crippen LogP contribution in [0.5, 0.6) is 0 Å². The summed E-state index contributed by atoms with van der Waals surface area (Å²) in [7, 11) is 3.50. The summed E-state index contributed by atoms with van der Waals surface area (Å²) < 4.78 is 5.12. The van der Waals surface area contributed by atoms with Crippen molar-refractivity contribution in [1.29, 1.82) is 0 Å². The molecule has 0 rings (SSSR count). The highest BCUT2D eigenvalue weighted by Gasteiger charge is 2.04. The lowest BCUT2D eigenvalue weighted by molar-refractivity contribution is 0.117. The van der Waals surface area contributed by atoms with Crippen LogP contribution >= 0.6 is 0 Å². The van der Waals surface area contributed by atoms with E-state index in [1.54, 1.807) is 0 Å². The first-order valence-electron chi connectivity index (χ1n) is 5.26. The second-order valence-corrected chi connectivity index (χ2v) is 3.43. The molecule has 0 aliphatic carbocycles. The largest absolute Gasteiger partial charge is 0.376 e. The standard InChI is InChI=1S/C11H23O/c1-4-6-7-8-10-11(12-3)9-5-2/h11H,3-10H2,1-2H3. The average molecular weight is 171 g/mol. The molecule has 0 saturated carbocycles. The van der Waals surface area contributed by atoms with Gasteiger partial charge in [-0.25, -0.2) is 0 Å². The predicted octanol–water partition coefficient (Wildman–Crippen LogP) is 3.93. The number of unbranched alkanes of at least 4 members (excludes halogenated alkanes) is 3. The summed E-state index contributed by atoms with van der Waals surface area (Å²) in [6, 6.07) is 0. The fraction of sp³-hybridized carbons (Fsp3) is 0.909. The molecule has 0 aliphatic rings. The normalized spacial score (nSPS) is 13.2. The minimum atomic E-state index is 0.409. The van der Waals surface area contributed by atoms with E-state index in [1.807, 2.05) is 0 Å². The van der Waals surface area contributed by atoms with Crippen LogP contribution in [0.3, 0.4) is 0 Å². The smallest absolute Gasteiger partial charge is 0.0704 e. The van der Waals surface area contributed by atoms with Gasteiger partial charge in [-0.1, -0.05) is 46.0 Å². The molecule has 0 amide bonds. The molecule has 0 aromatic carbocycles. The van der Waals surface area contributed by atoms with Gasteiger partial charge in [0.05, 0.1) is 13.2 Å². The van der Waals surface area contributed by atoms with Crippen molar-refractivity contribution in [3.8, 4) is 0 Å². The van der Waals surface area contributed by atoms with Crippen LogP contribution in [0.1, 0.15) is 58.8 Å². The second kappa shape index (κ2) is 9.05. The highest BCUT2D eigenvalue weighted by molar-refractivity contribution is 4.57. The quantitative estimate of drug-likeness (QED) is 0.503. The van der Waals surface area contributed by atoms with Gasteiger partial charge in [-0.3, -0.25) is 0 Å².